The highest BCUT2D eigenvalue weighted by Crippen LogP contribution is 2.39. The first kappa shape index (κ1) is 15.2. The van der Waals surface area contributed by atoms with E-state index < -0.39 is 0 Å². The molecule has 1 aliphatic carbocycles. The van der Waals surface area contributed by atoms with Crippen molar-refractivity contribution in [2.45, 2.75) is 45.1 Å². The number of benzene rings is 1. The van der Waals surface area contributed by atoms with E-state index >= 15 is 0 Å². The minimum Gasteiger partial charge on any atom is -0.497 e. The molecule has 0 aliphatic heterocycles. The fraction of sp³-hybridized carbons (Fsp3) is 0.647. The predicted octanol–water partition coefficient (Wildman–Crippen LogP) is 3.92. The first-order chi connectivity index (χ1) is 9.69. The first-order valence-electron chi connectivity index (χ1n) is 7.67. The van der Waals surface area contributed by atoms with Gasteiger partial charge in [0, 0.05) is 17.7 Å². The quantitative estimate of drug-likeness (QED) is 0.887. The van der Waals surface area contributed by atoms with Gasteiger partial charge in [-0.1, -0.05) is 32.3 Å². The molecular formula is C17H27NO2. The van der Waals surface area contributed by atoms with E-state index in [1.54, 1.807) is 14.2 Å². The topological polar surface area (TPSA) is 44.5 Å². The molecule has 0 aromatic heterocycles. The lowest BCUT2D eigenvalue weighted by atomic mass is 9.76. The van der Waals surface area contributed by atoms with Gasteiger partial charge in [-0.25, -0.2) is 0 Å². The average molecular weight is 277 g/mol. The second kappa shape index (κ2) is 6.98. The Hall–Kier alpha value is -1.22. The zero-order valence-corrected chi connectivity index (χ0v) is 12.9. The maximum absolute atomic E-state index is 6.50. The minimum absolute atomic E-state index is 0.0636. The molecule has 1 saturated carbocycles. The molecule has 0 radical (unpaired) electrons. The van der Waals surface area contributed by atoms with Crippen LogP contribution in [0.4, 0.5) is 0 Å². The van der Waals surface area contributed by atoms with Gasteiger partial charge >= 0.3 is 0 Å². The van der Waals surface area contributed by atoms with Gasteiger partial charge in [0.15, 0.2) is 0 Å². The molecular weight excluding hydrogens is 250 g/mol. The Bertz CT molecular complexity index is 425. The number of hydrogen-bond acceptors (Lipinski definition) is 3. The Morgan fingerprint density at radius 2 is 1.85 bits per heavy atom. The summed E-state index contributed by atoms with van der Waals surface area (Å²) >= 11 is 0. The van der Waals surface area contributed by atoms with Gasteiger partial charge in [-0.15, -0.1) is 0 Å². The van der Waals surface area contributed by atoms with Gasteiger partial charge in [-0.3, -0.25) is 0 Å². The van der Waals surface area contributed by atoms with Crippen LogP contribution in [0.1, 0.15) is 50.6 Å². The van der Waals surface area contributed by atoms with Crippen molar-refractivity contribution < 1.29 is 9.47 Å². The SMILES string of the molecule is CCC1CCC(C(N)c2ccc(OC)cc2OC)CC1. The first-order valence-corrected chi connectivity index (χ1v) is 7.67. The molecule has 1 aliphatic rings. The minimum atomic E-state index is 0.0636. The molecule has 2 N–H and O–H groups in total. The van der Waals surface area contributed by atoms with Gasteiger partial charge < -0.3 is 15.2 Å². The van der Waals surface area contributed by atoms with Crippen molar-refractivity contribution in [3.05, 3.63) is 23.8 Å². The summed E-state index contributed by atoms with van der Waals surface area (Å²) in [4.78, 5) is 0. The Labute approximate surface area is 122 Å². The van der Waals surface area contributed by atoms with Crippen LogP contribution in [0.5, 0.6) is 11.5 Å². The van der Waals surface area contributed by atoms with Crippen LogP contribution >= 0.6 is 0 Å². The third kappa shape index (κ3) is 3.26. The second-order valence-electron chi connectivity index (χ2n) is 5.82. The lowest BCUT2D eigenvalue weighted by Gasteiger charge is -2.32. The molecule has 3 heteroatoms. The Balaban J connectivity index is 2.10. The van der Waals surface area contributed by atoms with Crippen LogP contribution in [0.15, 0.2) is 18.2 Å². The molecule has 0 spiro atoms. The number of nitrogens with two attached hydrogens (primary N) is 1. The zero-order chi connectivity index (χ0) is 14.5. The van der Waals surface area contributed by atoms with E-state index in [1.165, 1.54) is 32.1 Å². The molecule has 20 heavy (non-hydrogen) atoms. The lowest BCUT2D eigenvalue weighted by molar-refractivity contribution is 0.237. The normalized spacial score (nSPS) is 24.2. The van der Waals surface area contributed by atoms with Crippen LogP contribution in [0.25, 0.3) is 0 Å². The van der Waals surface area contributed by atoms with Crippen LogP contribution in [0.3, 0.4) is 0 Å². The van der Waals surface area contributed by atoms with Crippen molar-refractivity contribution in [2.75, 3.05) is 14.2 Å². The van der Waals surface area contributed by atoms with Crippen LogP contribution in [-0.4, -0.2) is 14.2 Å². The summed E-state index contributed by atoms with van der Waals surface area (Å²) < 4.78 is 10.7. The fourth-order valence-electron chi connectivity index (χ4n) is 3.30. The summed E-state index contributed by atoms with van der Waals surface area (Å²) in [6.07, 6.45) is 6.39. The average Bonchev–Trinajstić information content (AvgIpc) is 2.53. The molecule has 2 rings (SSSR count). The third-order valence-corrected chi connectivity index (χ3v) is 4.78. The largest absolute Gasteiger partial charge is 0.497 e. The highest BCUT2D eigenvalue weighted by atomic mass is 16.5. The molecule has 0 bridgehead atoms. The van der Waals surface area contributed by atoms with Crippen molar-refractivity contribution in [1.29, 1.82) is 0 Å². The van der Waals surface area contributed by atoms with Crippen LogP contribution in [0.2, 0.25) is 0 Å². The van der Waals surface area contributed by atoms with E-state index in [-0.39, 0.29) is 6.04 Å². The number of hydrogen-bond donors (Lipinski definition) is 1. The van der Waals surface area contributed by atoms with Crippen molar-refractivity contribution in [3.63, 3.8) is 0 Å². The van der Waals surface area contributed by atoms with Crippen molar-refractivity contribution in [2.24, 2.45) is 17.6 Å². The van der Waals surface area contributed by atoms with Crippen LogP contribution < -0.4 is 15.2 Å². The zero-order valence-electron chi connectivity index (χ0n) is 12.9. The molecule has 0 amide bonds. The van der Waals surface area contributed by atoms with Crippen molar-refractivity contribution in [1.82, 2.24) is 0 Å². The Morgan fingerprint density at radius 3 is 2.40 bits per heavy atom. The maximum atomic E-state index is 6.50. The maximum Gasteiger partial charge on any atom is 0.127 e. The van der Waals surface area contributed by atoms with Gasteiger partial charge in [0.25, 0.3) is 0 Å². The van der Waals surface area contributed by atoms with E-state index in [0.29, 0.717) is 5.92 Å². The molecule has 112 valence electrons. The van der Waals surface area contributed by atoms with Crippen molar-refractivity contribution >= 4 is 0 Å². The second-order valence-corrected chi connectivity index (χ2v) is 5.82. The van der Waals surface area contributed by atoms with E-state index in [2.05, 4.69) is 6.92 Å². The van der Waals surface area contributed by atoms with Crippen LogP contribution in [-0.2, 0) is 0 Å². The number of methoxy groups -OCH3 is 2. The van der Waals surface area contributed by atoms with E-state index in [9.17, 15) is 0 Å². The summed E-state index contributed by atoms with van der Waals surface area (Å²) in [5.74, 6) is 3.12. The smallest absolute Gasteiger partial charge is 0.127 e. The molecule has 0 heterocycles. The van der Waals surface area contributed by atoms with Crippen LogP contribution in [0, 0.1) is 11.8 Å². The van der Waals surface area contributed by atoms with E-state index in [4.69, 9.17) is 15.2 Å². The molecule has 3 nitrogen and oxygen atoms in total. The summed E-state index contributed by atoms with van der Waals surface area (Å²) in [5.41, 5.74) is 7.61. The number of ether oxygens (including phenoxy) is 2. The summed E-state index contributed by atoms with van der Waals surface area (Å²) in [7, 11) is 3.36. The van der Waals surface area contributed by atoms with Gasteiger partial charge in [0.1, 0.15) is 11.5 Å². The Morgan fingerprint density at radius 1 is 1.15 bits per heavy atom. The summed E-state index contributed by atoms with van der Waals surface area (Å²) in [6.45, 7) is 2.29. The lowest BCUT2D eigenvalue weighted by Crippen LogP contribution is -2.26. The van der Waals surface area contributed by atoms with Gasteiger partial charge in [-0.2, -0.15) is 0 Å². The third-order valence-electron chi connectivity index (χ3n) is 4.78. The molecule has 0 saturated heterocycles. The summed E-state index contributed by atoms with van der Waals surface area (Å²) in [5, 5.41) is 0. The standard InChI is InChI=1S/C17H27NO2/c1-4-12-5-7-13(8-6-12)17(18)15-10-9-14(19-2)11-16(15)20-3/h9-13,17H,4-8,18H2,1-3H3. The van der Waals surface area contributed by atoms with Crippen molar-refractivity contribution in [3.8, 4) is 11.5 Å². The molecule has 1 fully saturated rings. The number of rotatable bonds is 5. The van der Waals surface area contributed by atoms with Gasteiger partial charge in [0.05, 0.1) is 14.2 Å². The summed E-state index contributed by atoms with van der Waals surface area (Å²) in [6, 6.07) is 6.00. The fourth-order valence-corrected chi connectivity index (χ4v) is 3.30. The Kier molecular flexibility index (Phi) is 5.30. The van der Waals surface area contributed by atoms with E-state index in [0.717, 1.165) is 23.0 Å². The molecule has 1 aromatic carbocycles. The van der Waals surface area contributed by atoms with Gasteiger partial charge in [-0.05, 0) is 30.7 Å². The molecule has 1 atom stereocenters. The highest BCUT2D eigenvalue weighted by Gasteiger charge is 2.27. The molecule has 1 unspecified atom stereocenters. The molecule has 1 aromatic rings. The monoisotopic (exact) mass is 277 g/mol. The van der Waals surface area contributed by atoms with E-state index in [1.807, 2.05) is 18.2 Å². The highest BCUT2D eigenvalue weighted by molar-refractivity contribution is 5.42. The predicted molar refractivity (Wildman–Crippen MR) is 82.2 cm³/mol. The van der Waals surface area contributed by atoms with Gasteiger partial charge in [0.2, 0.25) is 0 Å².